The first-order valence-electron chi connectivity index (χ1n) is 9.07. The van der Waals surface area contributed by atoms with Crippen LogP contribution in [0.1, 0.15) is 49.9 Å². The van der Waals surface area contributed by atoms with E-state index in [4.69, 9.17) is 4.74 Å². The molecule has 0 aliphatic heterocycles. The molecular formula is C21H26N2O3. The van der Waals surface area contributed by atoms with Crippen molar-refractivity contribution in [2.75, 3.05) is 17.2 Å². The van der Waals surface area contributed by atoms with Gasteiger partial charge in [-0.2, -0.15) is 0 Å². The van der Waals surface area contributed by atoms with Crippen molar-refractivity contribution < 1.29 is 14.3 Å². The molecule has 0 radical (unpaired) electrons. The molecule has 0 aliphatic rings. The van der Waals surface area contributed by atoms with Crippen molar-refractivity contribution in [3.05, 3.63) is 54.1 Å². The fourth-order valence-corrected chi connectivity index (χ4v) is 2.40. The van der Waals surface area contributed by atoms with Crippen molar-refractivity contribution in [1.82, 2.24) is 0 Å². The van der Waals surface area contributed by atoms with Crippen LogP contribution in [0.25, 0.3) is 0 Å². The van der Waals surface area contributed by atoms with Gasteiger partial charge in [0.15, 0.2) is 0 Å². The first kappa shape index (κ1) is 19.5. The Bertz CT molecular complexity index is 726. The summed E-state index contributed by atoms with van der Waals surface area (Å²) in [5, 5.41) is 5.64. The molecule has 0 bridgehead atoms. The van der Waals surface area contributed by atoms with Crippen LogP contribution in [-0.4, -0.2) is 18.4 Å². The largest absolute Gasteiger partial charge is 0.493 e. The second-order valence-corrected chi connectivity index (χ2v) is 5.98. The Hall–Kier alpha value is -2.82. The number of rotatable bonds is 9. The zero-order chi connectivity index (χ0) is 18.8. The van der Waals surface area contributed by atoms with Gasteiger partial charge in [-0.05, 0) is 42.8 Å². The predicted molar refractivity (Wildman–Crippen MR) is 105 cm³/mol. The van der Waals surface area contributed by atoms with E-state index in [0.717, 1.165) is 19.3 Å². The minimum atomic E-state index is -0.221. The van der Waals surface area contributed by atoms with Gasteiger partial charge >= 0.3 is 0 Å². The maximum atomic E-state index is 12.6. The zero-order valence-corrected chi connectivity index (χ0v) is 15.4. The zero-order valence-electron chi connectivity index (χ0n) is 15.4. The molecule has 0 heterocycles. The van der Waals surface area contributed by atoms with Crippen LogP contribution >= 0.6 is 0 Å². The molecule has 5 nitrogen and oxygen atoms in total. The molecule has 2 rings (SSSR count). The maximum Gasteiger partial charge on any atom is 0.259 e. The Kier molecular flexibility index (Phi) is 7.68. The number of para-hydroxylation sites is 1. The number of ether oxygens (including phenoxy) is 1. The highest BCUT2D eigenvalue weighted by Crippen LogP contribution is 2.21. The van der Waals surface area contributed by atoms with Crippen molar-refractivity contribution in [3.8, 4) is 5.75 Å². The van der Waals surface area contributed by atoms with Gasteiger partial charge in [0.25, 0.3) is 5.91 Å². The Balaban J connectivity index is 2.00. The minimum absolute atomic E-state index is 0.0454. The molecule has 0 unspecified atom stereocenters. The van der Waals surface area contributed by atoms with Crippen LogP contribution in [0.2, 0.25) is 0 Å². The van der Waals surface area contributed by atoms with Crippen LogP contribution in [0.4, 0.5) is 11.4 Å². The molecule has 2 aromatic carbocycles. The highest BCUT2D eigenvalue weighted by atomic mass is 16.5. The first-order chi connectivity index (χ1) is 12.6. The topological polar surface area (TPSA) is 67.4 Å². The second kappa shape index (κ2) is 10.2. The Labute approximate surface area is 154 Å². The molecule has 2 N–H and O–H groups in total. The van der Waals surface area contributed by atoms with Gasteiger partial charge in [0.2, 0.25) is 5.91 Å². The van der Waals surface area contributed by atoms with Crippen LogP contribution in [0.5, 0.6) is 5.75 Å². The first-order valence-corrected chi connectivity index (χ1v) is 9.07. The molecule has 2 aromatic rings. The van der Waals surface area contributed by atoms with Crippen LogP contribution in [0.3, 0.4) is 0 Å². The third-order valence-corrected chi connectivity index (χ3v) is 3.88. The van der Waals surface area contributed by atoms with Gasteiger partial charge in [-0.3, -0.25) is 9.59 Å². The van der Waals surface area contributed by atoms with Crippen LogP contribution in [0.15, 0.2) is 48.5 Å². The normalized spacial score (nSPS) is 10.2. The SMILES string of the molecule is CCCCCOc1ccccc1C(=O)Nc1ccc(NC(=O)CC)cc1. The Morgan fingerprint density at radius 3 is 2.19 bits per heavy atom. The Morgan fingerprint density at radius 2 is 1.54 bits per heavy atom. The lowest BCUT2D eigenvalue weighted by Gasteiger charge is -2.12. The number of amides is 2. The van der Waals surface area contributed by atoms with Gasteiger partial charge in [-0.15, -0.1) is 0 Å². The Morgan fingerprint density at radius 1 is 0.885 bits per heavy atom. The average Bonchev–Trinajstić information content (AvgIpc) is 2.67. The maximum absolute atomic E-state index is 12.6. The van der Waals surface area contributed by atoms with Gasteiger partial charge < -0.3 is 15.4 Å². The number of benzene rings is 2. The van der Waals surface area contributed by atoms with E-state index in [0.29, 0.717) is 35.7 Å². The van der Waals surface area contributed by atoms with E-state index in [1.54, 1.807) is 37.3 Å². The number of hydrogen-bond acceptors (Lipinski definition) is 3. The van der Waals surface area contributed by atoms with Crippen LogP contribution < -0.4 is 15.4 Å². The molecule has 0 spiro atoms. The summed E-state index contributed by atoms with van der Waals surface area (Å²) in [6.45, 7) is 4.54. The summed E-state index contributed by atoms with van der Waals surface area (Å²) in [5.41, 5.74) is 1.87. The number of carbonyl (C=O) groups excluding carboxylic acids is 2. The highest BCUT2D eigenvalue weighted by Gasteiger charge is 2.12. The van der Waals surface area contributed by atoms with E-state index in [2.05, 4.69) is 17.6 Å². The molecule has 0 atom stereocenters. The lowest BCUT2D eigenvalue weighted by atomic mass is 10.1. The van der Waals surface area contributed by atoms with E-state index in [1.165, 1.54) is 0 Å². The third-order valence-electron chi connectivity index (χ3n) is 3.88. The van der Waals surface area contributed by atoms with Gasteiger partial charge in [0.05, 0.1) is 12.2 Å². The molecule has 138 valence electrons. The van der Waals surface area contributed by atoms with E-state index in [9.17, 15) is 9.59 Å². The summed E-state index contributed by atoms with van der Waals surface area (Å²) in [5.74, 6) is 0.324. The number of unbranched alkanes of at least 4 members (excludes halogenated alkanes) is 2. The number of hydrogen-bond donors (Lipinski definition) is 2. The van der Waals surface area contributed by atoms with E-state index >= 15 is 0 Å². The third kappa shape index (κ3) is 5.92. The molecular weight excluding hydrogens is 328 g/mol. The molecule has 0 fully saturated rings. The smallest absolute Gasteiger partial charge is 0.259 e. The summed E-state index contributed by atoms with van der Waals surface area (Å²) in [4.78, 5) is 24.0. The highest BCUT2D eigenvalue weighted by molar-refractivity contribution is 6.06. The molecule has 0 aliphatic carbocycles. The van der Waals surface area contributed by atoms with Gasteiger partial charge in [-0.25, -0.2) is 0 Å². The number of nitrogens with one attached hydrogen (secondary N) is 2. The summed E-state index contributed by atoms with van der Waals surface area (Å²) >= 11 is 0. The second-order valence-electron chi connectivity index (χ2n) is 5.98. The molecule has 5 heteroatoms. The fraction of sp³-hybridized carbons (Fsp3) is 0.333. The average molecular weight is 354 g/mol. The standard InChI is InChI=1S/C21H26N2O3/c1-3-5-8-15-26-19-10-7-6-9-18(19)21(25)23-17-13-11-16(12-14-17)22-20(24)4-2/h6-7,9-14H,3-5,8,15H2,1-2H3,(H,22,24)(H,23,25). The molecule has 26 heavy (non-hydrogen) atoms. The van der Waals surface area contributed by atoms with Crippen molar-refractivity contribution in [3.63, 3.8) is 0 Å². The summed E-state index contributed by atoms with van der Waals surface area (Å²) in [6, 6.07) is 14.3. The van der Waals surface area contributed by atoms with Gasteiger partial charge in [0, 0.05) is 17.8 Å². The van der Waals surface area contributed by atoms with Crippen molar-refractivity contribution in [2.45, 2.75) is 39.5 Å². The molecule has 0 aromatic heterocycles. The predicted octanol–water partition coefficient (Wildman–Crippen LogP) is 4.86. The minimum Gasteiger partial charge on any atom is -0.493 e. The van der Waals surface area contributed by atoms with Crippen molar-refractivity contribution >= 4 is 23.2 Å². The lowest BCUT2D eigenvalue weighted by molar-refractivity contribution is -0.115. The summed E-state index contributed by atoms with van der Waals surface area (Å²) in [6.07, 6.45) is 3.63. The van der Waals surface area contributed by atoms with Crippen LogP contribution in [-0.2, 0) is 4.79 Å². The van der Waals surface area contributed by atoms with E-state index in [-0.39, 0.29) is 11.8 Å². The van der Waals surface area contributed by atoms with Crippen LogP contribution in [0, 0.1) is 0 Å². The van der Waals surface area contributed by atoms with Crippen molar-refractivity contribution in [2.24, 2.45) is 0 Å². The lowest BCUT2D eigenvalue weighted by Crippen LogP contribution is -2.14. The molecule has 0 saturated heterocycles. The molecule has 0 saturated carbocycles. The summed E-state index contributed by atoms with van der Waals surface area (Å²) < 4.78 is 5.76. The van der Waals surface area contributed by atoms with E-state index < -0.39 is 0 Å². The quantitative estimate of drug-likeness (QED) is 0.632. The van der Waals surface area contributed by atoms with Gasteiger partial charge in [-0.1, -0.05) is 38.8 Å². The number of carbonyl (C=O) groups is 2. The monoisotopic (exact) mass is 354 g/mol. The summed E-state index contributed by atoms with van der Waals surface area (Å²) in [7, 11) is 0. The fourth-order valence-electron chi connectivity index (χ4n) is 2.40. The van der Waals surface area contributed by atoms with E-state index in [1.807, 2.05) is 18.2 Å². The van der Waals surface area contributed by atoms with Gasteiger partial charge in [0.1, 0.15) is 5.75 Å². The van der Waals surface area contributed by atoms with Crippen molar-refractivity contribution in [1.29, 1.82) is 0 Å². The number of anilines is 2. The molecule has 2 amide bonds.